The number of nitrogens with zero attached hydrogens (tertiary/aromatic N) is 6. The summed E-state index contributed by atoms with van der Waals surface area (Å²) >= 11 is 1.29. The van der Waals surface area contributed by atoms with Crippen LogP contribution in [-0.4, -0.2) is 30.9 Å². The minimum atomic E-state index is -0.461. The molecule has 0 radical (unpaired) electrons. The largest absolute Gasteiger partial charge is 0.358 e. The van der Waals surface area contributed by atoms with E-state index in [1.54, 1.807) is 13.1 Å². The Hall–Kier alpha value is -2.94. The zero-order chi connectivity index (χ0) is 17.1. The number of imidazole rings is 1. The van der Waals surface area contributed by atoms with Crippen molar-refractivity contribution in [1.29, 1.82) is 0 Å². The summed E-state index contributed by atoms with van der Waals surface area (Å²) in [7, 11) is 0. The fraction of sp³-hybridized carbons (Fsp3) is 0.200. The Morgan fingerprint density at radius 2 is 2.04 bits per heavy atom. The molecule has 9 heteroatoms. The number of hydrogen-bond acceptors (Lipinski definition) is 7. The molecule has 0 unspecified atom stereocenters. The van der Waals surface area contributed by atoms with Crippen molar-refractivity contribution in [2.75, 3.05) is 0 Å². The normalized spacial score (nSPS) is 11.2. The van der Waals surface area contributed by atoms with E-state index in [1.807, 2.05) is 31.2 Å². The zero-order valence-electron chi connectivity index (χ0n) is 13.1. The second-order valence-corrected chi connectivity index (χ2v) is 6.19. The zero-order valence-corrected chi connectivity index (χ0v) is 13.9. The van der Waals surface area contributed by atoms with E-state index in [1.165, 1.54) is 27.7 Å². The molecular formula is C15H14N6O2S. The third-order valence-electron chi connectivity index (χ3n) is 3.37. The first-order valence-corrected chi connectivity index (χ1v) is 7.94. The second kappa shape index (κ2) is 6.67. The maximum absolute atomic E-state index is 11.0. The number of nitro groups is 1. The number of aliphatic imine (C=N–C) groups is 1. The molecule has 3 rings (SSSR count). The van der Waals surface area contributed by atoms with Gasteiger partial charge in [-0.1, -0.05) is 41.2 Å². The first kappa shape index (κ1) is 15.9. The summed E-state index contributed by atoms with van der Waals surface area (Å²) < 4.78 is 1.49. The number of aryl methyl sites for hydroxylation is 2. The molecule has 0 aliphatic carbocycles. The summed E-state index contributed by atoms with van der Waals surface area (Å²) in [6.45, 7) is 3.99. The van der Waals surface area contributed by atoms with Crippen LogP contribution in [0.5, 0.6) is 0 Å². The van der Waals surface area contributed by atoms with Gasteiger partial charge in [0.2, 0.25) is 5.13 Å². The van der Waals surface area contributed by atoms with Crippen molar-refractivity contribution in [2.24, 2.45) is 4.99 Å². The fourth-order valence-electron chi connectivity index (χ4n) is 2.08. The molecule has 1 aromatic carbocycles. The lowest BCUT2D eigenvalue weighted by Crippen LogP contribution is -2.05. The molecule has 0 saturated carbocycles. The molecule has 3 aromatic rings. The van der Waals surface area contributed by atoms with Crippen LogP contribution in [-0.2, 0) is 6.54 Å². The van der Waals surface area contributed by atoms with Crippen molar-refractivity contribution in [2.45, 2.75) is 20.4 Å². The highest BCUT2D eigenvalue weighted by atomic mass is 32.1. The quantitative estimate of drug-likeness (QED) is 0.403. The molecule has 0 saturated heterocycles. The van der Waals surface area contributed by atoms with E-state index < -0.39 is 4.92 Å². The highest BCUT2D eigenvalue weighted by Gasteiger charge is 2.19. The summed E-state index contributed by atoms with van der Waals surface area (Å²) in [5.74, 6) is 0.494. The van der Waals surface area contributed by atoms with Crippen LogP contribution in [0.4, 0.5) is 10.9 Å². The Morgan fingerprint density at radius 1 is 1.29 bits per heavy atom. The van der Waals surface area contributed by atoms with E-state index in [0.717, 1.165) is 5.56 Å². The number of benzene rings is 1. The molecular weight excluding hydrogens is 328 g/mol. The first-order valence-electron chi connectivity index (χ1n) is 7.12. The Bertz CT molecular complexity index is 897. The molecule has 0 N–H and O–H groups in total. The van der Waals surface area contributed by atoms with Gasteiger partial charge in [-0.05, 0) is 17.4 Å². The third kappa shape index (κ3) is 3.51. The van der Waals surface area contributed by atoms with Gasteiger partial charge in [-0.2, -0.15) is 0 Å². The van der Waals surface area contributed by atoms with Crippen molar-refractivity contribution in [3.63, 3.8) is 0 Å². The van der Waals surface area contributed by atoms with Gasteiger partial charge in [-0.25, -0.2) is 14.5 Å². The Morgan fingerprint density at radius 3 is 2.75 bits per heavy atom. The first-order chi connectivity index (χ1) is 11.5. The highest BCUT2D eigenvalue weighted by Crippen LogP contribution is 2.22. The summed E-state index contributed by atoms with van der Waals surface area (Å²) in [5.41, 5.74) is 2.15. The Labute approximate surface area is 141 Å². The number of hydrogen-bond donors (Lipinski definition) is 0. The van der Waals surface area contributed by atoms with Crippen molar-refractivity contribution in [1.82, 2.24) is 19.7 Å². The SMILES string of the molecule is Cc1ccc(C=Nc2nnc(Cn3c([N+](=O)[O-])cnc3C)s2)cc1. The van der Waals surface area contributed by atoms with Crippen molar-refractivity contribution < 1.29 is 4.92 Å². The van der Waals surface area contributed by atoms with E-state index in [-0.39, 0.29) is 12.4 Å². The number of aromatic nitrogens is 4. The molecule has 0 fully saturated rings. The molecule has 0 amide bonds. The van der Waals surface area contributed by atoms with E-state index in [2.05, 4.69) is 20.2 Å². The summed E-state index contributed by atoms with van der Waals surface area (Å²) in [6.07, 6.45) is 2.96. The topological polar surface area (TPSA) is 99.1 Å². The molecule has 2 heterocycles. The minimum absolute atomic E-state index is 0.0626. The molecule has 8 nitrogen and oxygen atoms in total. The fourth-order valence-corrected chi connectivity index (χ4v) is 2.75. The third-order valence-corrected chi connectivity index (χ3v) is 4.19. The summed E-state index contributed by atoms with van der Waals surface area (Å²) in [4.78, 5) is 18.8. The molecule has 2 aromatic heterocycles. The van der Waals surface area contributed by atoms with Crippen molar-refractivity contribution in [3.05, 3.63) is 62.5 Å². The lowest BCUT2D eigenvalue weighted by Gasteiger charge is -1.99. The van der Waals surface area contributed by atoms with E-state index in [4.69, 9.17) is 0 Å². The smallest absolute Gasteiger partial charge is 0.343 e. The maximum atomic E-state index is 11.0. The maximum Gasteiger partial charge on any atom is 0.343 e. The lowest BCUT2D eigenvalue weighted by molar-refractivity contribution is -0.392. The molecule has 0 spiro atoms. The predicted molar refractivity (Wildman–Crippen MR) is 91.1 cm³/mol. The van der Waals surface area contributed by atoms with Gasteiger partial charge in [-0.3, -0.25) is 0 Å². The van der Waals surface area contributed by atoms with Crippen LogP contribution in [0.2, 0.25) is 0 Å². The van der Waals surface area contributed by atoms with Crippen LogP contribution in [0.1, 0.15) is 22.0 Å². The van der Waals surface area contributed by atoms with Gasteiger partial charge in [0.15, 0.2) is 10.8 Å². The second-order valence-electron chi connectivity index (χ2n) is 5.15. The van der Waals surface area contributed by atoms with Gasteiger partial charge in [0.05, 0.1) is 0 Å². The van der Waals surface area contributed by atoms with Gasteiger partial charge in [0.1, 0.15) is 12.7 Å². The molecule has 0 aliphatic heterocycles. The van der Waals surface area contributed by atoms with Crippen LogP contribution in [0.3, 0.4) is 0 Å². The van der Waals surface area contributed by atoms with E-state index in [0.29, 0.717) is 16.0 Å². The monoisotopic (exact) mass is 342 g/mol. The van der Waals surface area contributed by atoms with E-state index >= 15 is 0 Å². The lowest BCUT2D eigenvalue weighted by atomic mass is 10.2. The van der Waals surface area contributed by atoms with Gasteiger partial charge >= 0.3 is 5.82 Å². The van der Waals surface area contributed by atoms with Gasteiger partial charge < -0.3 is 10.1 Å². The van der Waals surface area contributed by atoms with Gasteiger partial charge in [0.25, 0.3) is 0 Å². The molecule has 24 heavy (non-hydrogen) atoms. The standard InChI is InChI=1S/C15H14N6O2S/c1-10-3-5-12(6-4-10)7-17-15-19-18-13(24-15)9-20-11(2)16-8-14(20)21(22)23/h3-8H,9H2,1-2H3. The van der Waals surface area contributed by atoms with Crippen LogP contribution in [0.25, 0.3) is 0 Å². The van der Waals surface area contributed by atoms with Crippen molar-refractivity contribution in [3.8, 4) is 0 Å². The highest BCUT2D eigenvalue weighted by molar-refractivity contribution is 7.14. The van der Waals surface area contributed by atoms with Gasteiger partial charge in [-0.15, -0.1) is 10.2 Å². The Kier molecular flexibility index (Phi) is 4.43. The van der Waals surface area contributed by atoms with Crippen molar-refractivity contribution >= 4 is 28.5 Å². The van der Waals surface area contributed by atoms with Crippen LogP contribution < -0.4 is 0 Å². The van der Waals surface area contributed by atoms with Crippen LogP contribution in [0, 0.1) is 24.0 Å². The predicted octanol–water partition coefficient (Wildman–Crippen LogP) is 3.06. The van der Waals surface area contributed by atoms with Crippen LogP contribution >= 0.6 is 11.3 Å². The van der Waals surface area contributed by atoms with Crippen LogP contribution in [0.15, 0.2) is 35.5 Å². The molecule has 0 bridgehead atoms. The van der Waals surface area contributed by atoms with Gasteiger partial charge in [0, 0.05) is 13.1 Å². The molecule has 122 valence electrons. The summed E-state index contributed by atoms with van der Waals surface area (Å²) in [6, 6.07) is 7.96. The minimum Gasteiger partial charge on any atom is -0.358 e. The summed E-state index contributed by atoms with van der Waals surface area (Å²) in [5, 5.41) is 20.2. The number of rotatable bonds is 5. The van der Waals surface area contributed by atoms with E-state index in [9.17, 15) is 10.1 Å². The average Bonchev–Trinajstić information content (AvgIpc) is 3.15. The Balaban J connectivity index is 1.75. The molecule has 0 atom stereocenters. The molecule has 0 aliphatic rings. The average molecular weight is 342 g/mol.